The van der Waals surface area contributed by atoms with Gasteiger partial charge in [-0.3, -0.25) is 0 Å². The number of thiophene rings is 1. The molecule has 0 amide bonds. The first-order valence-corrected chi connectivity index (χ1v) is 2.64. The first-order chi connectivity index (χ1) is 2.89. The number of aryl methyl sites for hydroxylation is 1. The normalized spacial score (nSPS) is 6.62. The van der Waals surface area contributed by atoms with Crippen molar-refractivity contribution in [2.24, 2.45) is 0 Å². The molecule has 0 fully saturated rings. The zero-order valence-electron chi connectivity index (χ0n) is 4.68. The van der Waals surface area contributed by atoms with E-state index in [-0.39, 0.29) is 31.9 Å². The van der Waals surface area contributed by atoms with Crippen LogP contribution < -0.4 is 0 Å². The van der Waals surface area contributed by atoms with Crippen LogP contribution in [0.2, 0.25) is 0 Å². The van der Waals surface area contributed by atoms with E-state index >= 15 is 0 Å². The van der Waals surface area contributed by atoms with Crippen molar-refractivity contribution in [2.45, 2.75) is 6.92 Å². The maximum Gasteiger partial charge on any atom is 0 e. The van der Waals surface area contributed by atoms with Crippen LogP contribution in [0.4, 0.5) is 0 Å². The van der Waals surface area contributed by atoms with Gasteiger partial charge in [-0.05, 0) is 0 Å². The molecule has 1 rings (SSSR count). The summed E-state index contributed by atoms with van der Waals surface area (Å²) in [6.07, 6.45) is 0. The fourth-order valence-corrected chi connectivity index (χ4v) is 0.770. The van der Waals surface area contributed by atoms with Crippen LogP contribution in [-0.4, -0.2) is 0 Å². The molecule has 0 nitrogen and oxygen atoms in total. The largest absolute Gasteiger partial charge is 0.301 e. The van der Waals surface area contributed by atoms with Gasteiger partial charge in [0.15, 0.2) is 0 Å². The zero-order valence-corrected chi connectivity index (χ0v) is 9.28. The van der Waals surface area contributed by atoms with Crippen LogP contribution in [0.15, 0.2) is 12.1 Å². The minimum atomic E-state index is 0. The van der Waals surface area contributed by atoms with Gasteiger partial charge in [-0.15, -0.1) is 17.8 Å². The minimum Gasteiger partial charge on any atom is -0.301 e. The maximum atomic E-state index is 2.97. The van der Waals surface area contributed by atoms with Crippen molar-refractivity contribution in [3.63, 3.8) is 0 Å². The molecular weight excluding hydrogens is 193 g/mol. The Morgan fingerprint density at radius 3 is 2.38 bits per heavy atom. The van der Waals surface area contributed by atoms with Gasteiger partial charge in [-0.1, -0.05) is 6.92 Å². The van der Waals surface area contributed by atoms with Gasteiger partial charge < -0.3 is 11.3 Å². The van der Waals surface area contributed by atoms with E-state index in [1.54, 1.807) is 11.3 Å². The molecule has 0 aliphatic carbocycles. The molecule has 0 spiro atoms. The third-order valence-electron chi connectivity index (χ3n) is 0.606. The summed E-state index contributed by atoms with van der Waals surface area (Å²) in [4.78, 5) is 1.33. The van der Waals surface area contributed by atoms with Gasteiger partial charge in [0, 0.05) is 19.5 Å². The predicted molar refractivity (Wildman–Crippen MR) is 35.1 cm³/mol. The van der Waals surface area contributed by atoms with E-state index in [2.05, 4.69) is 12.3 Å². The number of hydrogen-bond donors (Lipinski definition) is 0. The van der Waals surface area contributed by atoms with E-state index in [1.807, 2.05) is 12.1 Å². The first kappa shape index (κ1) is 11.4. The van der Waals surface area contributed by atoms with E-state index in [1.165, 1.54) is 4.88 Å². The Balaban J connectivity index is 0. The van der Waals surface area contributed by atoms with Gasteiger partial charge in [0.1, 0.15) is 0 Å². The Morgan fingerprint density at radius 1 is 1.62 bits per heavy atom. The second-order valence-corrected chi connectivity index (χ2v) is 2.25. The second-order valence-electron chi connectivity index (χ2n) is 1.16. The molecule has 0 saturated carbocycles. The number of halogens is 1. The van der Waals surface area contributed by atoms with Crippen molar-refractivity contribution in [2.75, 3.05) is 0 Å². The van der Waals surface area contributed by atoms with Gasteiger partial charge in [-0.2, -0.15) is 10.9 Å². The zero-order chi connectivity index (χ0) is 4.41. The summed E-state index contributed by atoms with van der Waals surface area (Å²) >= 11 is 1.65. The van der Waals surface area contributed by atoms with E-state index in [0.29, 0.717) is 0 Å². The summed E-state index contributed by atoms with van der Waals surface area (Å²) in [5.74, 6) is 0. The topological polar surface area (TPSA) is 0 Å². The van der Waals surface area contributed by atoms with Gasteiger partial charge in [0.25, 0.3) is 0 Å². The molecule has 8 heavy (non-hydrogen) atoms. The van der Waals surface area contributed by atoms with E-state index < -0.39 is 0 Å². The standard InChI is InChI=1S/C5H5S.ClH.Zn/c1-5-3-2-4-6-5;;/h2-3H,1H3;1H;/q-1;;. The molecule has 1 aromatic rings. The monoisotopic (exact) mass is 197 g/mol. The molecular formula is C5H6ClSZn-. The van der Waals surface area contributed by atoms with Crippen molar-refractivity contribution in [3.05, 3.63) is 22.4 Å². The van der Waals surface area contributed by atoms with Gasteiger partial charge >= 0.3 is 0 Å². The molecule has 1 aromatic heterocycles. The minimum absolute atomic E-state index is 0. The van der Waals surface area contributed by atoms with Crippen LogP contribution in [0.25, 0.3) is 0 Å². The molecule has 0 unspecified atom stereocenters. The maximum absolute atomic E-state index is 2.97. The van der Waals surface area contributed by atoms with Crippen LogP contribution in [0.1, 0.15) is 4.88 Å². The molecule has 0 saturated heterocycles. The second kappa shape index (κ2) is 5.74. The van der Waals surface area contributed by atoms with Crippen molar-refractivity contribution in [3.8, 4) is 0 Å². The van der Waals surface area contributed by atoms with Crippen LogP contribution >= 0.6 is 23.7 Å². The van der Waals surface area contributed by atoms with E-state index in [9.17, 15) is 0 Å². The van der Waals surface area contributed by atoms with Gasteiger partial charge in [0.2, 0.25) is 0 Å². The molecule has 0 aromatic carbocycles. The van der Waals surface area contributed by atoms with Crippen LogP contribution in [0.3, 0.4) is 0 Å². The molecule has 1 heterocycles. The van der Waals surface area contributed by atoms with Gasteiger partial charge in [0.05, 0.1) is 0 Å². The quantitative estimate of drug-likeness (QED) is 0.444. The fourth-order valence-electron chi connectivity index (χ4n) is 0.312. The number of hydrogen-bond acceptors (Lipinski definition) is 1. The van der Waals surface area contributed by atoms with Crippen molar-refractivity contribution >= 4 is 23.7 Å². The Labute approximate surface area is 72.5 Å². The Kier molecular flexibility index (Phi) is 8.20. The third-order valence-corrected chi connectivity index (χ3v) is 1.32. The Bertz CT molecular complexity index is 116. The SMILES string of the molecule is Cc1cc[c-]s1.Cl.[Zn]. The summed E-state index contributed by atoms with van der Waals surface area (Å²) < 4.78 is 0. The van der Waals surface area contributed by atoms with E-state index in [0.717, 1.165) is 0 Å². The van der Waals surface area contributed by atoms with Crippen LogP contribution in [0, 0.1) is 12.3 Å². The fraction of sp³-hybridized carbons (Fsp3) is 0.200. The van der Waals surface area contributed by atoms with Crippen LogP contribution in [-0.2, 0) is 19.5 Å². The summed E-state index contributed by atoms with van der Waals surface area (Å²) in [6.45, 7) is 2.07. The summed E-state index contributed by atoms with van der Waals surface area (Å²) in [7, 11) is 0. The summed E-state index contributed by atoms with van der Waals surface area (Å²) in [5.41, 5.74) is 0. The van der Waals surface area contributed by atoms with Crippen LogP contribution in [0.5, 0.6) is 0 Å². The van der Waals surface area contributed by atoms with E-state index in [4.69, 9.17) is 0 Å². The molecule has 3 heteroatoms. The molecule has 0 bridgehead atoms. The molecule has 0 radical (unpaired) electrons. The predicted octanol–water partition coefficient (Wildman–Crippen LogP) is 2.28. The average Bonchev–Trinajstić information content (AvgIpc) is 1.86. The molecule has 0 aliphatic heterocycles. The number of rotatable bonds is 0. The third kappa shape index (κ3) is 3.60. The van der Waals surface area contributed by atoms with Crippen molar-refractivity contribution in [1.29, 1.82) is 0 Å². The molecule has 42 valence electrons. The Morgan fingerprint density at radius 2 is 2.25 bits per heavy atom. The van der Waals surface area contributed by atoms with Crippen molar-refractivity contribution < 1.29 is 19.5 Å². The summed E-state index contributed by atoms with van der Waals surface area (Å²) in [6, 6.07) is 3.98. The van der Waals surface area contributed by atoms with Gasteiger partial charge in [-0.25, -0.2) is 6.07 Å². The van der Waals surface area contributed by atoms with Crippen molar-refractivity contribution in [1.82, 2.24) is 0 Å². The molecule has 0 atom stereocenters. The smallest absolute Gasteiger partial charge is 0 e. The Hall–Kier alpha value is 0.613. The molecule has 0 N–H and O–H groups in total. The average molecular weight is 199 g/mol. The first-order valence-electron chi connectivity index (χ1n) is 1.82. The molecule has 0 aliphatic rings. The summed E-state index contributed by atoms with van der Waals surface area (Å²) in [5, 5.41) is 2.97.